The van der Waals surface area contributed by atoms with Crippen molar-refractivity contribution < 1.29 is 19.4 Å². The van der Waals surface area contributed by atoms with Crippen LogP contribution in [0.1, 0.15) is 46.6 Å². The lowest BCUT2D eigenvalue weighted by Gasteiger charge is -2.45. The van der Waals surface area contributed by atoms with E-state index in [0.717, 1.165) is 34.4 Å². The second-order valence-corrected chi connectivity index (χ2v) is 10.8. The Morgan fingerprint density at radius 1 is 0.744 bits per heavy atom. The second-order valence-electron chi connectivity index (χ2n) is 10.8. The van der Waals surface area contributed by atoms with Crippen LogP contribution in [-0.4, -0.2) is 27.4 Å². The maximum Gasteiger partial charge on any atom is 0.301 e. The third kappa shape index (κ3) is 3.92. The van der Waals surface area contributed by atoms with Gasteiger partial charge in [-0.2, -0.15) is 5.10 Å². The molecule has 43 heavy (non-hydrogen) atoms. The number of hydrogen-bond acceptors (Lipinski definition) is 8. The summed E-state index contributed by atoms with van der Waals surface area (Å²) in [6.07, 6.45) is 0. The van der Waals surface area contributed by atoms with E-state index in [0.29, 0.717) is 17.0 Å². The third-order valence-electron chi connectivity index (χ3n) is 8.72. The standard InChI is InChI=1S/C32H23N5O6/c1-17(33-34-25-15-14-20(36(40)41)16-26(25)37(42)43)18-10-12-19(13-11-18)35-31(38)29-27-21-6-2-3-7-22(21)28(30(29)32(35)39)24-9-5-4-8-23(24)27/h2-16,27-30,34H,1H3. The maximum atomic E-state index is 14.0. The van der Waals surface area contributed by atoms with Crippen molar-refractivity contribution in [2.24, 2.45) is 16.9 Å². The average molecular weight is 574 g/mol. The van der Waals surface area contributed by atoms with Crippen molar-refractivity contribution in [3.8, 4) is 0 Å². The fourth-order valence-electron chi connectivity index (χ4n) is 6.87. The van der Waals surface area contributed by atoms with Gasteiger partial charge in [-0.3, -0.25) is 35.2 Å². The summed E-state index contributed by atoms with van der Waals surface area (Å²) in [7, 11) is 0. The molecule has 1 saturated heterocycles. The van der Waals surface area contributed by atoms with Gasteiger partial charge in [-0.25, -0.2) is 4.90 Å². The van der Waals surface area contributed by atoms with E-state index >= 15 is 0 Å². The zero-order valence-electron chi connectivity index (χ0n) is 22.7. The summed E-state index contributed by atoms with van der Waals surface area (Å²) in [6, 6.07) is 26.3. The fraction of sp³-hybridized carbons (Fsp3) is 0.156. The monoisotopic (exact) mass is 573 g/mol. The smallest absolute Gasteiger partial charge is 0.274 e. The minimum absolute atomic E-state index is 0.000872. The molecule has 1 N–H and O–H groups in total. The molecule has 2 bridgehead atoms. The Balaban J connectivity index is 1.16. The number of anilines is 2. The molecule has 4 aliphatic rings. The van der Waals surface area contributed by atoms with E-state index in [1.54, 1.807) is 31.2 Å². The second kappa shape index (κ2) is 9.69. The lowest BCUT2D eigenvalue weighted by molar-refractivity contribution is -0.393. The van der Waals surface area contributed by atoms with Gasteiger partial charge in [0.15, 0.2) is 0 Å². The number of imide groups is 1. The highest BCUT2D eigenvalue weighted by atomic mass is 16.6. The molecule has 0 aromatic heterocycles. The summed E-state index contributed by atoms with van der Waals surface area (Å²) in [6.45, 7) is 1.69. The number of carbonyl (C=O) groups is 2. The van der Waals surface area contributed by atoms with Crippen LogP contribution in [0.2, 0.25) is 0 Å². The van der Waals surface area contributed by atoms with Crippen LogP contribution in [0.15, 0.2) is 96.1 Å². The topological polar surface area (TPSA) is 148 Å². The van der Waals surface area contributed by atoms with E-state index in [1.165, 1.54) is 11.0 Å². The quantitative estimate of drug-likeness (QED) is 0.134. The van der Waals surface area contributed by atoms with Crippen LogP contribution in [0, 0.1) is 32.1 Å². The molecule has 4 aromatic rings. The molecular weight excluding hydrogens is 550 g/mol. The largest absolute Gasteiger partial charge is 0.301 e. The Bertz CT molecular complexity index is 1790. The molecule has 8 rings (SSSR count). The van der Waals surface area contributed by atoms with E-state index in [9.17, 15) is 29.8 Å². The first-order valence-corrected chi connectivity index (χ1v) is 13.6. The van der Waals surface area contributed by atoms with Crippen LogP contribution in [0.25, 0.3) is 0 Å². The Morgan fingerprint density at radius 3 is 1.72 bits per heavy atom. The lowest BCUT2D eigenvalue weighted by Crippen LogP contribution is -2.41. The Morgan fingerprint density at radius 2 is 1.26 bits per heavy atom. The first-order valence-electron chi connectivity index (χ1n) is 13.6. The molecule has 2 unspecified atom stereocenters. The number of nitrogens with one attached hydrogen (secondary N) is 1. The molecule has 0 saturated carbocycles. The maximum absolute atomic E-state index is 14.0. The van der Waals surface area contributed by atoms with E-state index in [4.69, 9.17) is 0 Å². The number of nitro benzene ring substituents is 2. The average Bonchev–Trinajstić information content (AvgIpc) is 3.29. The summed E-state index contributed by atoms with van der Waals surface area (Å²) in [5.41, 5.74) is 7.75. The van der Waals surface area contributed by atoms with Crippen molar-refractivity contribution in [2.75, 3.05) is 10.3 Å². The van der Waals surface area contributed by atoms with Crippen molar-refractivity contribution in [1.29, 1.82) is 0 Å². The number of amides is 2. The molecule has 4 aromatic carbocycles. The lowest BCUT2D eigenvalue weighted by atomic mass is 9.55. The van der Waals surface area contributed by atoms with Gasteiger partial charge in [-0.15, -0.1) is 0 Å². The highest BCUT2D eigenvalue weighted by Gasteiger charge is 2.61. The van der Waals surface area contributed by atoms with Crippen LogP contribution in [-0.2, 0) is 9.59 Å². The van der Waals surface area contributed by atoms with Crippen molar-refractivity contribution in [2.45, 2.75) is 18.8 Å². The van der Waals surface area contributed by atoms with E-state index in [2.05, 4.69) is 34.8 Å². The van der Waals surface area contributed by atoms with E-state index < -0.39 is 33.1 Å². The first-order chi connectivity index (χ1) is 20.8. The van der Waals surface area contributed by atoms with Crippen LogP contribution in [0.4, 0.5) is 22.7 Å². The normalized spacial score (nSPS) is 21.7. The number of nitro groups is 2. The molecule has 0 radical (unpaired) electrons. The molecule has 0 spiro atoms. The summed E-state index contributed by atoms with van der Waals surface area (Å²) in [5, 5.41) is 26.6. The Hall–Kier alpha value is -5.71. The van der Waals surface area contributed by atoms with Gasteiger partial charge in [0.05, 0.1) is 39.1 Å². The van der Waals surface area contributed by atoms with Crippen molar-refractivity contribution in [3.05, 3.63) is 139 Å². The van der Waals surface area contributed by atoms with Gasteiger partial charge in [0, 0.05) is 17.9 Å². The SMILES string of the molecule is CC(=NNc1ccc([N+](=O)[O-])cc1[N+](=O)[O-])c1ccc(N2C(=O)C3C4c5ccccc5C(c5ccccc54)C3C2=O)cc1. The van der Waals surface area contributed by atoms with Gasteiger partial charge in [0.25, 0.3) is 5.69 Å². The molecule has 11 nitrogen and oxygen atoms in total. The highest BCUT2D eigenvalue weighted by Crippen LogP contribution is 2.61. The van der Waals surface area contributed by atoms with Crippen molar-refractivity contribution in [3.63, 3.8) is 0 Å². The molecule has 1 fully saturated rings. The van der Waals surface area contributed by atoms with Gasteiger partial charge in [-0.1, -0.05) is 60.7 Å². The van der Waals surface area contributed by atoms with Gasteiger partial charge >= 0.3 is 5.69 Å². The molecule has 212 valence electrons. The fourth-order valence-corrected chi connectivity index (χ4v) is 6.87. The van der Waals surface area contributed by atoms with Gasteiger partial charge in [-0.05, 0) is 52.9 Å². The minimum atomic E-state index is -0.722. The predicted octanol–water partition coefficient (Wildman–Crippen LogP) is 5.74. The Labute approximate surface area is 244 Å². The van der Waals surface area contributed by atoms with Crippen LogP contribution in [0.5, 0.6) is 0 Å². The summed E-state index contributed by atoms with van der Waals surface area (Å²) in [5.74, 6) is -1.75. The van der Waals surface area contributed by atoms with E-state index in [-0.39, 0.29) is 29.3 Å². The molecule has 2 atom stereocenters. The summed E-state index contributed by atoms with van der Waals surface area (Å²) >= 11 is 0. The molecule has 2 amide bonds. The predicted molar refractivity (Wildman–Crippen MR) is 158 cm³/mol. The van der Waals surface area contributed by atoms with Crippen molar-refractivity contribution >= 4 is 40.3 Å². The third-order valence-corrected chi connectivity index (χ3v) is 8.72. The number of benzene rings is 4. The number of non-ortho nitro benzene ring substituents is 1. The zero-order valence-corrected chi connectivity index (χ0v) is 22.7. The van der Waals surface area contributed by atoms with Crippen LogP contribution in [0.3, 0.4) is 0 Å². The van der Waals surface area contributed by atoms with Gasteiger partial charge in [0.1, 0.15) is 5.69 Å². The zero-order chi connectivity index (χ0) is 30.0. The van der Waals surface area contributed by atoms with Crippen LogP contribution >= 0.6 is 0 Å². The van der Waals surface area contributed by atoms with Crippen molar-refractivity contribution in [1.82, 2.24) is 0 Å². The molecule has 1 heterocycles. The molecule has 3 aliphatic carbocycles. The first kappa shape index (κ1) is 26.2. The van der Waals surface area contributed by atoms with E-state index in [1.807, 2.05) is 24.3 Å². The minimum Gasteiger partial charge on any atom is -0.274 e. The highest BCUT2D eigenvalue weighted by molar-refractivity contribution is 6.23. The number of nitrogens with zero attached hydrogens (tertiary/aromatic N) is 4. The summed E-state index contributed by atoms with van der Waals surface area (Å²) in [4.78, 5) is 50.2. The molecule has 11 heteroatoms. The van der Waals surface area contributed by atoms with Gasteiger partial charge in [0.2, 0.25) is 11.8 Å². The summed E-state index contributed by atoms with van der Waals surface area (Å²) < 4.78 is 0. The van der Waals surface area contributed by atoms with Crippen LogP contribution < -0.4 is 10.3 Å². The number of carbonyl (C=O) groups excluding carboxylic acids is 2. The Kier molecular flexibility index (Phi) is 5.91. The number of hydrazone groups is 1. The molecular formula is C32H23N5O6. The number of rotatable bonds is 6. The number of hydrogen-bond donors (Lipinski definition) is 1. The van der Waals surface area contributed by atoms with Gasteiger partial charge < -0.3 is 0 Å². The molecule has 1 aliphatic heterocycles.